The minimum atomic E-state index is -1.82. The van der Waals surface area contributed by atoms with E-state index in [9.17, 15) is 0 Å². The largest absolute Gasteiger partial charge is 0.496 e. The van der Waals surface area contributed by atoms with Crippen LogP contribution in [0.4, 0.5) is 0 Å². The number of para-hydroxylation sites is 1. The van der Waals surface area contributed by atoms with Crippen LogP contribution in [0.5, 0.6) is 34.5 Å². The molecular formula is C30H35NO10. The van der Waals surface area contributed by atoms with Crippen molar-refractivity contribution < 1.29 is 48.2 Å². The lowest BCUT2D eigenvalue weighted by Crippen LogP contribution is -2.26. The van der Waals surface area contributed by atoms with Crippen LogP contribution in [0.3, 0.4) is 0 Å². The molecule has 0 aromatic heterocycles. The van der Waals surface area contributed by atoms with Crippen LogP contribution < -0.4 is 28.4 Å². The molecule has 0 saturated heterocycles. The van der Waals surface area contributed by atoms with Gasteiger partial charge in [0.05, 0.1) is 27.9 Å². The van der Waals surface area contributed by atoms with Crippen molar-refractivity contribution in [3.63, 3.8) is 0 Å². The van der Waals surface area contributed by atoms with Crippen molar-refractivity contribution in [2.24, 2.45) is 0 Å². The normalized spacial score (nSPS) is 11.3. The van der Waals surface area contributed by atoms with Crippen molar-refractivity contribution >= 4 is 11.9 Å². The predicted molar refractivity (Wildman–Crippen MR) is 149 cm³/mol. The van der Waals surface area contributed by atoms with Gasteiger partial charge in [0, 0.05) is 36.8 Å². The molecular weight excluding hydrogens is 534 g/mol. The Morgan fingerprint density at radius 2 is 1.41 bits per heavy atom. The van der Waals surface area contributed by atoms with Crippen LogP contribution in [-0.4, -0.2) is 68.3 Å². The number of hydrogen-bond acceptors (Lipinski definition) is 9. The zero-order chi connectivity index (χ0) is 29.8. The number of hydrogen-bond donors (Lipinski definition) is 2. The maximum atomic E-state index is 9.10. The van der Waals surface area contributed by atoms with Gasteiger partial charge < -0.3 is 38.6 Å². The van der Waals surface area contributed by atoms with Crippen LogP contribution in [0.25, 0.3) is 0 Å². The Bertz CT molecular complexity index is 1310. The number of benzene rings is 3. The molecule has 11 heteroatoms. The highest BCUT2D eigenvalue weighted by molar-refractivity contribution is 6.27. The van der Waals surface area contributed by atoms with E-state index in [1.807, 2.05) is 43.3 Å². The monoisotopic (exact) mass is 569 g/mol. The highest BCUT2D eigenvalue weighted by Crippen LogP contribution is 2.36. The first-order chi connectivity index (χ1) is 19.8. The second-order valence-corrected chi connectivity index (χ2v) is 8.82. The number of fused-ring (bicyclic) bond motifs is 1. The van der Waals surface area contributed by atoms with Crippen LogP contribution >= 0.6 is 0 Å². The van der Waals surface area contributed by atoms with Crippen LogP contribution in [-0.2, 0) is 29.1 Å². The molecule has 0 saturated carbocycles. The molecule has 220 valence electrons. The Morgan fingerprint density at radius 1 is 0.780 bits per heavy atom. The van der Waals surface area contributed by atoms with Gasteiger partial charge in [-0.3, -0.25) is 4.90 Å². The first kappa shape index (κ1) is 30.9. The van der Waals surface area contributed by atoms with E-state index in [2.05, 4.69) is 23.1 Å². The van der Waals surface area contributed by atoms with Crippen molar-refractivity contribution in [3.8, 4) is 34.5 Å². The molecule has 3 aromatic rings. The van der Waals surface area contributed by atoms with E-state index in [0.29, 0.717) is 24.7 Å². The van der Waals surface area contributed by atoms with Gasteiger partial charge in [0.1, 0.15) is 11.5 Å². The van der Waals surface area contributed by atoms with E-state index in [-0.39, 0.29) is 6.79 Å². The summed E-state index contributed by atoms with van der Waals surface area (Å²) in [6.07, 6.45) is 0.850. The second-order valence-electron chi connectivity index (χ2n) is 8.82. The maximum absolute atomic E-state index is 9.10. The summed E-state index contributed by atoms with van der Waals surface area (Å²) in [5.41, 5.74) is 3.35. The number of nitrogens with zero attached hydrogens (tertiary/aromatic N) is 1. The van der Waals surface area contributed by atoms with E-state index < -0.39 is 11.9 Å². The predicted octanol–water partition coefficient (Wildman–Crippen LogP) is 4.24. The number of methoxy groups -OCH3 is 3. The standard InChI is InChI=1S/C28H33NO6.C2H2O4/c1-5-33-23-9-7-6-8-21(23)17-29(13-12-20-10-11-24-28(14-20)35-19-34-24)18-22-15-26(31-3)27(32-4)16-25(22)30-2;3-1(4)2(5)6/h6-11,14-16H,5,12-13,17-19H2,1-4H3;(H,3,4)(H,5,6). The average Bonchev–Trinajstić information content (AvgIpc) is 3.45. The Hall–Kier alpha value is -4.64. The smallest absolute Gasteiger partial charge is 0.414 e. The summed E-state index contributed by atoms with van der Waals surface area (Å²) in [5, 5.41) is 14.8. The quantitative estimate of drug-likeness (QED) is 0.304. The molecule has 2 N–H and O–H groups in total. The Morgan fingerprint density at radius 3 is 2.07 bits per heavy atom. The first-order valence-corrected chi connectivity index (χ1v) is 12.9. The lowest BCUT2D eigenvalue weighted by Gasteiger charge is -2.25. The van der Waals surface area contributed by atoms with Crippen molar-refractivity contribution in [3.05, 3.63) is 71.3 Å². The summed E-state index contributed by atoms with van der Waals surface area (Å²) < 4.78 is 33.6. The van der Waals surface area contributed by atoms with E-state index in [1.54, 1.807) is 21.3 Å². The van der Waals surface area contributed by atoms with Crippen LogP contribution in [0.1, 0.15) is 23.6 Å². The molecule has 0 spiro atoms. The molecule has 0 radical (unpaired) electrons. The van der Waals surface area contributed by atoms with E-state index in [0.717, 1.165) is 53.6 Å². The molecule has 0 amide bonds. The fourth-order valence-corrected chi connectivity index (χ4v) is 4.23. The third-order valence-electron chi connectivity index (χ3n) is 6.18. The third kappa shape index (κ3) is 8.67. The van der Waals surface area contributed by atoms with Crippen LogP contribution in [0.2, 0.25) is 0 Å². The molecule has 4 rings (SSSR count). The summed E-state index contributed by atoms with van der Waals surface area (Å²) in [5.74, 6) is 0.931. The number of carboxylic acids is 2. The summed E-state index contributed by atoms with van der Waals surface area (Å²) >= 11 is 0. The molecule has 0 unspecified atom stereocenters. The molecule has 0 fully saturated rings. The van der Waals surface area contributed by atoms with Crippen LogP contribution in [0.15, 0.2) is 54.6 Å². The molecule has 41 heavy (non-hydrogen) atoms. The van der Waals surface area contributed by atoms with E-state index in [4.69, 9.17) is 48.2 Å². The average molecular weight is 570 g/mol. The fourth-order valence-electron chi connectivity index (χ4n) is 4.23. The zero-order valence-corrected chi connectivity index (χ0v) is 23.5. The topological polar surface area (TPSA) is 133 Å². The third-order valence-corrected chi connectivity index (χ3v) is 6.18. The van der Waals surface area contributed by atoms with Gasteiger partial charge in [-0.1, -0.05) is 24.3 Å². The van der Waals surface area contributed by atoms with E-state index in [1.165, 1.54) is 5.56 Å². The number of rotatable bonds is 12. The second kappa shape index (κ2) is 15.2. The molecule has 1 aliphatic heterocycles. The van der Waals surface area contributed by atoms with Gasteiger partial charge in [0.2, 0.25) is 6.79 Å². The van der Waals surface area contributed by atoms with Gasteiger partial charge in [0.15, 0.2) is 23.0 Å². The van der Waals surface area contributed by atoms with Gasteiger partial charge >= 0.3 is 11.9 Å². The van der Waals surface area contributed by atoms with Crippen LogP contribution in [0, 0.1) is 0 Å². The van der Waals surface area contributed by atoms with Gasteiger partial charge in [-0.25, -0.2) is 9.59 Å². The van der Waals surface area contributed by atoms with Gasteiger partial charge in [-0.05, 0) is 43.2 Å². The molecule has 0 atom stereocenters. The van der Waals surface area contributed by atoms with Crippen molar-refractivity contribution in [1.82, 2.24) is 4.90 Å². The van der Waals surface area contributed by atoms with E-state index >= 15 is 0 Å². The Kier molecular flexibility index (Phi) is 11.5. The SMILES string of the molecule is CCOc1ccccc1CN(CCc1ccc2c(c1)OCO2)Cc1cc(OC)c(OC)cc1OC.O=C(O)C(=O)O. The number of carboxylic acid groups (broad SMARTS) is 2. The summed E-state index contributed by atoms with van der Waals surface area (Å²) in [6, 6.07) is 18.2. The molecule has 3 aromatic carbocycles. The minimum Gasteiger partial charge on any atom is -0.496 e. The molecule has 0 aliphatic carbocycles. The highest BCUT2D eigenvalue weighted by atomic mass is 16.7. The maximum Gasteiger partial charge on any atom is 0.414 e. The summed E-state index contributed by atoms with van der Waals surface area (Å²) in [7, 11) is 4.94. The summed E-state index contributed by atoms with van der Waals surface area (Å²) in [4.78, 5) is 20.6. The minimum absolute atomic E-state index is 0.276. The van der Waals surface area contributed by atoms with Gasteiger partial charge in [-0.2, -0.15) is 0 Å². The van der Waals surface area contributed by atoms with Gasteiger partial charge in [0.25, 0.3) is 0 Å². The summed E-state index contributed by atoms with van der Waals surface area (Å²) in [6.45, 7) is 5.10. The van der Waals surface area contributed by atoms with Crippen molar-refractivity contribution in [2.45, 2.75) is 26.4 Å². The lowest BCUT2D eigenvalue weighted by molar-refractivity contribution is -0.159. The number of carbonyl (C=O) groups is 2. The molecule has 0 bridgehead atoms. The lowest BCUT2D eigenvalue weighted by atomic mass is 10.1. The first-order valence-electron chi connectivity index (χ1n) is 12.9. The fraction of sp³-hybridized carbons (Fsp3) is 0.333. The van der Waals surface area contributed by atoms with Gasteiger partial charge in [-0.15, -0.1) is 0 Å². The number of aliphatic carboxylic acids is 2. The Balaban J connectivity index is 0.000000696. The Labute approximate surface area is 238 Å². The van der Waals surface area contributed by atoms with Crippen molar-refractivity contribution in [2.75, 3.05) is 41.3 Å². The van der Waals surface area contributed by atoms with Crippen molar-refractivity contribution in [1.29, 1.82) is 0 Å². The number of ether oxygens (including phenoxy) is 6. The molecule has 11 nitrogen and oxygen atoms in total. The highest BCUT2D eigenvalue weighted by Gasteiger charge is 2.18. The molecule has 1 heterocycles. The zero-order valence-electron chi connectivity index (χ0n) is 23.5. The molecule has 1 aliphatic rings.